The number of rotatable bonds is 5. The predicted octanol–water partition coefficient (Wildman–Crippen LogP) is 2.78. The summed E-state index contributed by atoms with van der Waals surface area (Å²) in [5.74, 6) is -0.963. The number of amides is 1. The van der Waals surface area contributed by atoms with Gasteiger partial charge in [-0.2, -0.15) is 26.3 Å². The predicted molar refractivity (Wildman–Crippen MR) is 58.8 cm³/mol. The molecule has 0 aromatic carbocycles. The van der Waals surface area contributed by atoms with Gasteiger partial charge in [-0.05, 0) is 13.3 Å². The largest absolute Gasteiger partial charge is 0.426 e. The molecule has 20 heavy (non-hydrogen) atoms. The average molecular weight is 309 g/mol. The second kappa shape index (κ2) is 5.79. The summed E-state index contributed by atoms with van der Waals surface area (Å²) in [5, 5.41) is 11.3. The second-order valence-corrected chi connectivity index (χ2v) is 4.81. The molecule has 0 aliphatic rings. The standard InChI is InChI=1S/C11H17F6NO2/c1-4-8(3,7(19)18-5-2)6-9(20,10(12,13)14)11(15,16)17/h20H,4-6H2,1-3H3,(H,18,19). The molecule has 0 heterocycles. The highest BCUT2D eigenvalue weighted by atomic mass is 19.4. The molecule has 1 atom stereocenters. The summed E-state index contributed by atoms with van der Waals surface area (Å²) in [7, 11) is 0. The third-order valence-corrected chi connectivity index (χ3v) is 3.25. The zero-order chi connectivity index (χ0) is 16.4. The molecule has 1 amide bonds. The van der Waals surface area contributed by atoms with Crippen LogP contribution in [0.4, 0.5) is 26.3 Å². The van der Waals surface area contributed by atoms with Crippen LogP contribution in [-0.4, -0.2) is 35.5 Å². The summed E-state index contributed by atoms with van der Waals surface area (Å²) in [6, 6.07) is 0. The lowest BCUT2D eigenvalue weighted by Gasteiger charge is -2.38. The highest BCUT2D eigenvalue weighted by Gasteiger charge is 2.72. The molecule has 2 N–H and O–H groups in total. The van der Waals surface area contributed by atoms with E-state index in [0.717, 1.165) is 6.92 Å². The van der Waals surface area contributed by atoms with Crippen molar-refractivity contribution in [1.82, 2.24) is 5.32 Å². The number of carbonyl (C=O) groups excluding carboxylic acids is 1. The van der Waals surface area contributed by atoms with E-state index in [0.29, 0.717) is 0 Å². The smallest absolute Gasteiger partial charge is 0.374 e. The lowest BCUT2D eigenvalue weighted by atomic mass is 9.75. The average Bonchev–Trinajstić information content (AvgIpc) is 2.26. The molecule has 0 fully saturated rings. The number of hydrogen-bond donors (Lipinski definition) is 2. The maximum absolute atomic E-state index is 12.6. The van der Waals surface area contributed by atoms with E-state index in [-0.39, 0.29) is 13.0 Å². The van der Waals surface area contributed by atoms with Crippen LogP contribution in [0.2, 0.25) is 0 Å². The van der Waals surface area contributed by atoms with Gasteiger partial charge < -0.3 is 10.4 Å². The van der Waals surface area contributed by atoms with Crippen LogP contribution in [0.1, 0.15) is 33.6 Å². The minimum atomic E-state index is -5.92. The van der Waals surface area contributed by atoms with Gasteiger partial charge in [-0.1, -0.05) is 13.8 Å². The minimum absolute atomic E-state index is 0.0604. The first-order valence-electron chi connectivity index (χ1n) is 5.89. The Morgan fingerprint density at radius 1 is 1.05 bits per heavy atom. The molecule has 0 spiro atoms. The fourth-order valence-corrected chi connectivity index (χ4v) is 1.67. The maximum Gasteiger partial charge on any atom is 0.426 e. The Morgan fingerprint density at radius 2 is 1.45 bits per heavy atom. The molecular formula is C11H17F6NO2. The van der Waals surface area contributed by atoms with Crippen molar-refractivity contribution in [2.75, 3.05) is 6.54 Å². The lowest BCUT2D eigenvalue weighted by molar-refractivity contribution is -0.374. The highest BCUT2D eigenvalue weighted by molar-refractivity contribution is 5.82. The molecule has 0 aliphatic carbocycles. The van der Waals surface area contributed by atoms with Crippen LogP contribution in [0.3, 0.4) is 0 Å². The van der Waals surface area contributed by atoms with Crippen molar-refractivity contribution < 1.29 is 36.2 Å². The molecule has 0 bridgehead atoms. The molecule has 0 aliphatic heterocycles. The summed E-state index contributed by atoms with van der Waals surface area (Å²) in [6.07, 6.45) is -13.9. The van der Waals surface area contributed by atoms with Crippen LogP contribution >= 0.6 is 0 Å². The number of alkyl halides is 6. The number of nitrogens with one attached hydrogen (secondary N) is 1. The van der Waals surface area contributed by atoms with Crippen molar-refractivity contribution in [3.05, 3.63) is 0 Å². The molecular weight excluding hydrogens is 292 g/mol. The number of hydrogen-bond acceptors (Lipinski definition) is 2. The Morgan fingerprint density at radius 3 is 1.70 bits per heavy atom. The Kier molecular flexibility index (Phi) is 5.50. The molecule has 0 radical (unpaired) electrons. The first-order chi connectivity index (χ1) is 8.75. The van der Waals surface area contributed by atoms with Crippen molar-refractivity contribution in [2.24, 2.45) is 5.41 Å². The summed E-state index contributed by atoms with van der Waals surface area (Å²) in [6.45, 7) is 3.78. The molecule has 0 saturated heterocycles. The van der Waals surface area contributed by atoms with Crippen LogP contribution in [0, 0.1) is 5.41 Å². The lowest BCUT2D eigenvalue weighted by Crippen LogP contribution is -2.60. The van der Waals surface area contributed by atoms with E-state index in [2.05, 4.69) is 5.32 Å². The van der Waals surface area contributed by atoms with Gasteiger partial charge in [-0.15, -0.1) is 0 Å². The van der Waals surface area contributed by atoms with Crippen LogP contribution in [-0.2, 0) is 4.79 Å². The molecule has 120 valence electrons. The van der Waals surface area contributed by atoms with E-state index in [1.54, 1.807) is 0 Å². The van der Waals surface area contributed by atoms with Gasteiger partial charge in [-0.3, -0.25) is 4.79 Å². The van der Waals surface area contributed by atoms with E-state index >= 15 is 0 Å². The van der Waals surface area contributed by atoms with Crippen molar-refractivity contribution in [3.63, 3.8) is 0 Å². The quantitative estimate of drug-likeness (QED) is 0.767. The van der Waals surface area contributed by atoms with Gasteiger partial charge in [0.05, 0.1) is 0 Å². The summed E-state index contributed by atoms with van der Waals surface area (Å²) < 4.78 is 75.7. The fraction of sp³-hybridized carbons (Fsp3) is 0.909. The summed E-state index contributed by atoms with van der Waals surface area (Å²) in [5.41, 5.74) is -6.91. The maximum atomic E-state index is 12.6. The van der Waals surface area contributed by atoms with E-state index < -0.39 is 35.7 Å². The van der Waals surface area contributed by atoms with Crippen molar-refractivity contribution >= 4 is 5.91 Å². The monoisotopic (exact) mass is 309 g/mol. The fourth-order valence-electron chi connectivity index (χ4n) is 1.67. The second-order valence-electron chi connectivity index (χ2n) is 4.81. The molecule has 0 aromatic heterocycles. The van der Waals surface area contributed by atoms with Gasteiger partial charge in [0.2, 0.25) is 5.91 Å². The van der Waals surface area contributed by atoms with E-state index in [1.165, 1.54) is 13.8 Å². The number of aliphatic hydroxyl groups is 1. The molecule has 0 saturated carbocycles. The Labute approximate surface area is 112 Å². The van der Waals surface area contributed by atoms with Crippen molar-refractivity contribution in [1.29, 1.82) is 0 Å². The first kappa shape index (κ1) is 19.0. The normalized spacial score (nSPS) is 16.7. The van der Waals surface area contributed by atoms with Gasteiger partial charge in [-0.25, -0.2) is 0 Å². The zero-order valence-electron chi connectivity index (χ0n) is 11.2. The molecule has 0 rings (SSSR count). The third-order valence-electron chi connectivity index (χ3n) is 3.25. The topological polar surface area (TPSA) is 49.3 Å². The zero-order valence-corrected chi connectivity index (χ0v) is 11.2. The number of carbonyl (C=O) groups is 1. The SMILES string of the molecule is CCNC(=O)C(C)(CC)CC(O)(C(F)(F)F)C(F)(F)F. The van der Waals surface area contributed by atoms with Gasteiger partial charge in [0.25, 0.3) is 5.60 Å². The van der Waals surface area contributed by atoms with Gasteiger partial charge in [0.1, 0.15) is 0 Å². The molecule has 3 nitrogen and oxygen atoms in total. The Balaban J connectivity index is 5.62. The van der Waals surface area contributed by atoms with Crippen LogP contribution in [0.5, 0.6) is 0 Å². The van der Waals surface area contributed by atoms with E-state index in [4.69, 9.17) is 5.11 Å². The van der Waals surface area contributed by atoms with Crippen molar-refractivity contribution in [2.45, 2.75) is 51.6 Å². The Bertz CT molecular complexity index is 338. The molecule has 9 heteroatoms. The van der Waals surface area contributed by atoms with Crippen LogP contribution in [0.15, 0.2) is 0 Å². The van der Waals surface area contributed by atoms with E-state index in [9.17, 15) is 31.1 Å². The number of halogens is 6. The van der Waals surface area contributed by atoms with E-state index in [1.807, 2.05) is 0 Å². The Hall–Kier alpha value is -0.990. The first-order valence-corrected chi connectivity index (χ1v) is 5.89. The van der Waals surface area contributed by atoms with Gasteiger partial charge in [0.15, 0.2) is 0 Å². The van der Waals surface area contributed by atoms with Crippen LogP contribution in [0.25, 0.3) is 0 Å². The van der Waals surface area contributed by atoms with Crippen LogP contribution < -0.4 is 5.32 Å². The van der Waals surface area contributed by atoms with Gasteiger partial charge in [0, 0.05) is 18.4 Å². The van der Waals surface area contributed by atoms with Gasteiger partial charge >= 0.3 is 12.4 Å². The highest BCUT2D eigenvalue weighted by Crippen LogP contribution is 2.49. The molecule has 0 aromatic rings. The summed E-state index contributed by atoms with van der Waals surface area (Å²) >= 11 is 0. The minimum Gasteiger partial charge on any atom is -0.374 e. The third kappa shape index (κ3) is 3.56. The summed E-state index contributed by atoms with van der Waals surface area (Å²) in [4.78, 5) is 11.7. The molecule has 1 unspecified atom stereocenters. The van der Waals surface area contributed by atoms with Crippen molar-refractivity contribution in [3.8, 4) is 0 Å².